The van der Waals surface area contributed by atoms with Gasteiger partial charge in [-0.15, -0.1) is 0 Å². The highest BCUT2D eigenvalue weighted by atomic mass is 127. The number of hydrogen-bond donors (Lipinski definition) is 2. The van der Waals surface area contributed by atoms with Gasteiger partial charge in [0.05, 0.1) is 27.4 Å². The minimum Gasteiger partial charge on any atom is -1.00 e. The van der Waals surface area contributed by atoms with Crippen molar-refractivity contribution in [3.63, 3.8) is 0 Å². The highest BCUT2D eigenvalue weighted by Gasteiger charge is 2.14. The van der Waals surface area contributed by atoms with Crippen LogP contribution in [0.2, 0.25) is 0 Å². The van der Waals surface area contributed by atoms with Gasteiger partial charge in [-0.05, 0) is 24.3 Å². The fraction of sp³-hybridized carbons (Fsp3) is 0.176. The molecule has 0 saturated carbocycles. The number of hydrazone groups is 1. The first-order valence-corrected chi connectivity index (χ1v) is 6.91. The average molecular weight is 425 g/mol. The number of quaternary nitrogens is 1. The number of nitrogens with one attached hydrogen (secondary N) is 1. The molecule has 2 aromatic carbocycles. The molecule has 0 saturated heterocycles. The predicted octanol–water partition coefficient (Wildman–Crippen LogP) is -0.643. The summed E-state index contributed by atoms with van der Waals surface area (Å²) in [5.74, 6) is -0.172. The number of amides is 1. The number of halogens is 1. The molecule has 0 atom stereocenters. The van der Waals surface area contributed by atoms with Gasteiger partial charge >= 0.3 is 0 Å². The third-order valence-corrected chi connectivity index (χ3v) is 3.19. The number of phenols is 1. The van der Waals surface area contributed by atoms with Crippen LogP contribution in [-0.4, -0.2) is 38.4 Å². The van der Waals surface area contributed by atoms with Crippen LogP contribution in [0, 0.1) is 0 Å². The van der Waals surface area contributed by atoms with E-state index in [2.05, 4.69) is 10.5 Å². The number of carbonyl (C=O) groups is 1. The van der Waals surface area contributed by atoms with Gasteiger partial charge in [0.25, 0.3) is 5.91 Å². The van der Waals surface area contributed by atoms with Gasteiger partial charge in [0.2, 0.25) is 0 Å². The summed E-state index contributed by atoms with van der Waals surface area (Å²) in [7, 11) is 6.11. The van der Waals surface area contributed by atoms with Crippen molar-refractivity contribution < 1.29 is 33.9 Å². The zero-order valence-electron chi connectivity index (χ0n) is 13.3. The van der Waals surface area contributed by atoms with E-state index in [-0.39, 0.29) is 35.6 Å². The lowest BCUT2D eigenvalue weighted by Crippen LogP contribution is -3.00. The molecule has 2 rings (SSSR count). The van der Waals surface area contributed by atoms with Crippen molar-refractivity contribution in [3.8, 4) is 5.75 Å². The first-order chi connectivity index (χ1) is 10.4. The first kappa shape index (κ1) is 19.1. The topological polar surface area (TPSA) is 61.7 Å². The zero-order valence-corrected chi connectivity index (χ0v) is 15.5. The summed E-state index contributed by atoms with van der Waals surface area (Å²) in [5, 5.41) is 13.5. The van der Waals surface area contributed by atoms with Crippen molar-refractivity contribution in [2.45, 2.75) is 0 Å². The molecule has 0 aliphatic rings. The number of nitrogens with zero attached hydrogens (tertiary/aromatic N) is 2. The molecule has 0 bridgehead atoms. The van der Waals surface area contributed by atoms with Crippen molar-refractivity contribution in [3.05, 3.63) is 59.7 Å². The monoisotopic (exact) mass is 425 g/mol. The first-order valence-electron chi connectivity index (χ1n) is 6.91. The van der Waals surface area contributed by atoms with Gasteiger partial charge in [0.1, 0.15) is 11.4 Å². The van der Waals surface area contributed by atoms with Crippen molar-refractivity contribution in [1.82, 2.24) is 9.91 Å². The Hall–Kier alpha value is -1.93. The number of rotatable bonds is 4. The van der Waals surface area contributed by atoms with Gasteiger partial charge in [-0.25, -0.2) is 5.43 Å². The van der Waals surface area contributed by atoms with E-state index in [1.54, 1.807) is 30.3 Å². The summed E-state index contributed by atoms with van der Waals surface area (Å²) in [4.78, 5) is 12.1. The Labute approximate surface area is 153 Å². The number of phenolic OH excluding ortho intramolecular Hbond substituents is 1. The van der Waals surface area contributed by atoms with Crippen molar-refractivity contribution in [2.24, 2.45) is 5.10 Å². The van der Waals surface area contributed by atoms with E-state index < -0.39 is 0 Å². The molecule has 6 heteroatoms. The molecule has 0 unspecified atom stereocenters. The summed E-state index contributed by atoms with van der Waals surface area (Å²) >= 11 is 0. The standard InChI is InChI=1S/C17H19N3O2.HI/c1-20(2,3)15-9-6-8-13(11-15)17(22)19-18-12-14-7-4-5-10-16(14)21;/h4-12H,1-3H3,(H-,18,19,21,22);1H. The predicted molar refractivity (Wildman–Crippen MR) is 89.2 cm³/mol. The van der Waals surface area contributed by atoms with E-state index in [1.165, 1.54) is 6.21 Å². The van der Waals surface area contributed by atoms with Crippen LogP contribution in [0.25, 0.3) is 0 Å². The van der Waals surface area contributed by atoms with Gasteiger partial charge in [0, 0.05) is 17.2 Å². The van der Waals surface area contributed by atoms with Crippen molar-refractivity contribution in [2.75, 3.05) is 21.1 Å². The second kappa shape index (κ2) is 8.07. The fourth-order valence-electron chi connectivity index (χ4n) is 1.89. The van der Waals surface area contributed by atoms with E-state index in [1.807, 2.05) is 39.3 Å². The summed E-state index contributed by atoms with van der Waals surface area (Å²) < 4.78 is 0.627. The molecule has 0 fully saturated rings. The maximum Gasteiger partial charge on any atom is 0.271 e. The smallest absolute Gasteiger partial charge is 0.271 e. The SMILES string of the molecule is C[N+](C)(C)c1cccc(C(=O)N/N=C/c2ccccc2O)c1.[I-]. The molecule has 122 valence electrons. The molecular formula is C17H20IN3O2. The molecule has 0 aliphatic heterocycles. The Morgan fingerprint density at radius 3 is 2.48 bits per heavy atom. The molecule has 2 aromatic rings. The third-order valence-electron chi connectivity index (χ3n) is 3.19. The molecule has 0 spiro atoms. The highest BCUT2D eigenvalue weighted by Crippen LogP contribution is 2.18. The van der Waals surface area contributed by atoms with Crippen LogP contribution in [0.15, 0.2) is 53.6 Å². The van der Waals surface area contributed by atoms with Crippen LogP contribution in [0.3, 0.4) is 0 Å². The maximum atomic E-state index is 12.1. The Morgan fingerprint density at radius 1 is 1.13 bits per heavy atom. The number of aromatic hydroxyl groups is 1. The molecule has 0 aromatic heterocycles. The van der Waals surface area contributed by atoms with Gasteiger partial charge in [-0.2, -0.15) is 5.10 Å². The molecule has 0 heterocycles. The zero-order chi connectivity index (χ0) is 16.2. The van der Waals surface area contributed by atoms with Crippen molar-refractivity contribution >= 4 is 17.8 Å². The normalized spacial score (nSPS) is 11.1. The molecule has 23 heavy (non-hydrogen) atoms. The van der Waals surface area contributed by atoms with E-state index in [0.717, 1.165) is 5.69 Å². The largest absolute Gasteiger partial charge is 1.00 e. The Bertz CT molecular complexity index is 709. The number of hydrogen-bond acceptors (Lipinski definition) is 3. The number of carbonyl (C=O) groups excluding carboxylic acids is 1. The van der Waals surface area contributed by atoms with Gasteiger partial charge in [0.15, 0.2) is 0 Å². The maximum absolute atomic E-state index is 12.1. The van der Waals surface area contributed by atoms with Crippen LogP contribution in [0.4, 0.5) is 5.69 Å². The number of para-hydroxylation sites is 1. The fourth-order valence-corrected chi connectivity index (χ4v) is 1.89. The van der Waals surface area contributed by atoms with Crippen LogP contribution in [-0.2, 0) is 0 Å². The highest BCUT2D eigenvalue weighted by molar-refractivity contribution is 5.95. The second-order valence-electron chi connectivity index (χ2n) is 5.82. The molecule has 1 amide bonds. The third kappa shape index (κ3) is 5.33. The lowest BCUT2D eigenvalue weighted by molar-refractivity contribution is -0.0000139. The van der Waals surface area contributed by atoms with E-state index >= 15 is 0 Å². The Balaban J connectivity index is 0.00000264. The molecule has 0 radical (unpaired) electrons. The quantitative estimate of drug-likeness (QED) is 0.296. The van der Waals surface area contributed by atoms with Crippen LogP contribution >= 0.6 is 0 Å². The second-order valence-corrected chi connectivity index (χ2v) is 5.82. The number of benzene rings is 2. The van der Waals surface area contributed by atoms with Gasteiger partial charge in [-0.3, -0.25) is 9.28 Å². The molecule has 2 N–H and O–H groups in total. The van der Waals surface area contributed by atoms with Crippen LogP contribution in [0.5, 0.6) is 5.75 Å². The lowest BCUT2D eigenvalue weighted by Gasteiger charge is -2.23. The van der Waals surface area contributed by atoms with Crippen LogP contribution in [0.1, 0.15) is 15.9 Å². The summed E-state index contributed by atoms with van der Waals surface area (Å²) in [6, 6.07) is 14.2. The molecular weight excluding hydrogens is 405 g/mol. The minimum atomic E-state index is -0.290. The lowest BCUT2D eigenvalue weighted by atomic mass is 10.1. The van der Waals surface area contributed by atoms with Crippen molar-refractivity contribution in [1.29, 1.82) is 0 Å². The van der Waals surface area contributed by atoms with Gasteiger partial charge < -0.3 is 29.1 Å². The molecule has 0 aliphatic carbocycles. The Kier molecular flexibility index (Phi) is 6.71. The van der Waals surface area contributed by atoms with Crippen LogP contribution < -0.4 is 33.9 Å². The summed E-state index contributed by atoms with van der Waals surface area (Å²) in [6.07, 6.45) is 1.41. The van der Waals surface area contributed by atoms with Gasteiger partial charge in [-0.1, -0.05) is 18.2 Å². The minimum absolute atomic E-state index is 0. The molecule has 5 nitrogen and oxygen atoms in total. The Morgan fingerprint density at radius 2 is 1.83 bits per heavy atom. The van der Waals surface area contributed by atoms with E-state index in [9.17, 15) is 9.90 Å². The van der Waals surface area contributed by atoms with E-state index in [4.69, 9.17) is 0 Å². The average Bonchev–Trinajstić information content (AvgIpc) is 2.48. The summed E-state index contributed by atoms with van der Waals surface area (Å²) in [6.45, 7) is 0. The summed E-state index contributed by atoms with van der Waals surface area (Å²) in [5.41, 5.74) is 4.58. The van der Waals surface area contributed by atoms with E-state index in [0.29, 0.717) is 15.6 Å².